The van der Waals surface area contributed by atoms with Crippen molar-refractivity contribution in [3.8, 4) is 0 Å². The van der Waals surface area contributed by atoms with E-state index in [0.717, 1.165) is 5.56 Å². The van der Waals surface area contributed by atoms with E-state index in [-0.39, 0.29) is 11.8 Å². The third-order valence-electron chi connectivity index (χ3n) is 3.81. The highest BCUT2D eigenvalue weighted by molar-refractivity contribution is 5.24. The summed E-state index contributed by atoms with van der Waals surface area (Å²) >= 11 is 0. The molecule has 96 valence electrons. The topological polar surface area (TPSA) is 40.5 Å². The average Bonchev–Trinajstić information content (AvgIpc) is 2.36. The van der Waals surface area contributed by atoms with Gasteiger partial charge in [0.25, 0.3) is 0 Å². The number of hydrogen-bond acceptors (Lipinski definition) is 2. The predicted octanol–water partition coefficient (Wildman–Crippen LogP) is 2.94. The molecular weight excluding hydrogens is 212 g/mol. The maximum atomic E-state index is 11.0. The first kappa shape index (κ1) is 14.2. The highest BCUT2D eigenvalue weighted by Crippen LogP contribution is 2.39. The van der Waals surface area contributed by atoms with Gasteiger partial charge in [-0.2, -0.15) is 0 Å². The van der Waals surface area contributed by atoms with Crippen molar-refractivity contribution >= 4 is 0 Å². The molecule has 17 heavy (non-hydrogen) atoms. The molecule has 2 N–H and O–H groups in total. The minimum Gasteiger partial charge on any atom is -0.393 e. The first-order valence-corrected chi connectivity index (χ1v) is 6.40. The van der Waals surface area contributed by atoms with Crippen LogP contribution >= 0.6 is 0 Å². The van der Waals surface area contributed by atoms with Crippen molar-refractivity contribution in [2.45, 2.75) is 45.8 Å². The van der Waals surface area contributed by atoms with Crippen LogP contribution in [0.2, 0.25) is 0 Å². The van der Waals surface area contributed by atoms with E-state index in [1.165, 1.54) is 0 Å². The van der Waals surface area contributed by atoms with Crippen molar-refractivity contribution in [1.82, 2.24) is 0 Å². The van der Waals surface area contributed by atoms with Crippen LogP contribution in [0, 0.1) is 11.8 Å². The fraction of sp³-hybridized carbons (Fsp3) is 0.600. The van der Waals surface area contributed by atoms with E-state index >= 15 is 0 Å². The lowest BCUT2D eigenvalue weighted by molar-refractivity contribution is -0.102. The second kappa shape index (κ2) is 5.65. The Kier molecular flexibility index (Phi) is 4.72. The van der Waals surface area contributed by atoms with E-state index in [1.807, 2.05) is 58.0 Å². The van der Waals surface area contributed by atoms with Crippen molar-refractivity contribution in [1.29, 1.82) is 0 Å². The Morgan fingerprint density at radius 1 is 1.12 bits per heavy atom. The van der Waals surface area contributed by atoms with E-state index < -0.39 is 11.7 Å². The number of benzene rings is 1. The van der Waals surface area contributed by atoms with E-state index in [4.69, 9.17) is 0 Å². The molecule has 1 rings (SSSR count). The maximum absolute atomic E-state index is 11.0. The van der Waals surface area contributed by atoms with E-state index in [1.54, 1.807) is 0 Å². The SMILES string of the molecule is CC[C@H](O)[C@@H](C)[C@](O)(c1ccccc1)C(C)C. The van der Waals surface area contributed by atoms with Crippen molar-refractivity contribution in [3.05, 3.63) is 35.9 Å². The first-order valence-electron chi connectivity index (χ1n) is 6.40. The Morgan fingerprint density at radius 3 is 2.06 bits per heavy atom. The predicted molar refractivity (Wildman–Crippen MR) is 70.6 cm³/mol. The number of aliphatic hydroxyl groups excluding tert-OH is 1. The van der Waals surface area contributed by atoms with Crippen molar-refractivity contribution in [2.75, 3.05) is 0 Å². The van der Waals surface area contributed by atoms with Gasteiger partial charge in [-0.15, -0.1) is 0 Å². The molecule has 0 aliphatic heterocycles. The molecule has 2 heteroatoms. The highest BCUT2D eigenvalue weighted by Gasteiger charge is 2.41. The van der Waals surface area contributed by atoms with Gasteiger partial charge in [0.05, 0.1) is 11.7 Å². The van der Waals surface area contributed by atoms with Crippen molar-refractivity contribution in [3.63, 3.8) is 0 Å². The van der Waals surface area contributed by atoms with Gasteiger partial charge in [0, 0.05) is 5.92 Å². The van der Waals surface area contributed by atoms with Crippen molar-refractivity contribution in [2.24, 2.45) is 11.8 Å². The van der Waals surface area contributed by atoms with Crippen LogP contribution in [0.1, 0.15) is 39.7 Å². The van der Waals surface area contributed by atoms with Gasteiger partial charge in [0.1, 0.15) is 0 Å². The van der Waals surface area contributed by atoms with Crippen LogP contribution in [-0.2, 0) is 5.60 Å². The van der Waals surface area contributed by atoms with Gasteiger partial charge >= 0.3 is 0 Å². The zero-order valence-corrected chi connectivity index (χ0v) is 11.2. The molecule has 0 unspecified atom stereocenters. The van der Waals surface area contributed by atoms with E-state index in [0.29, 0.717) is 6.42 Å². The number of hydrogen-bond donors (Lipinski definition) is 2. The molecule has 1 aromatic rings. The quantitative estimate of drug-likeness (QED) is 0.825. The molecule has 0 aliphatic rings. The zero-order valence-electron chi connectivity index (χ0n) is 11.2. The normalized spacial score (nSPS) is 18.8. The van der Waals surface area contributed by atoms with E-state index in [2.05, 4.69) is 0 Å². The lowest BCUT2D eigenvalue weighted by atomic mass is 9.72. The summed E-state index contributed by atoms with van der Waals surface area (Å²) in [6, 6.07) is 9.64. The molecule has 2 nitrogen and oxygen atoms in total. The Morgan fingerprint density at radius 2 is 1.65 bits per heavy atom. The molecule has 0 heterocycles. The zero-order chi connectivity index (χ0) is 13.1. The van der Waals surface area contributed by atoms with Crippen LogP contribution in [0.15, 0.2) is 30.3 Å². The Hall–Kier alpha value is -0.860. The summed E-state index contributed by atoms with van der Waals surface area (Å²) in [6.07, 6.45) is 0.172. The lowest BCUT2D eigenvalue weighted by Gasteiger charge is -2.40. The molecule has 0 spiro atoms. The smallest absolute Gasteiger partial charge is 0.0969 e. The third kappa shape index (κ3) is 2.70. The van der Waals surface area contributed by atoms with E-state index in [9.17, 15) is 10.2 Å². The molecular formula is C15H24O2. The molecule has 1 aromatic carbocycles. The third-order valence-corrected chi connectivity index (χ3v) is 3.81. The second-order valence-electron chi connectivity index (χ2n) is 5.11. The maximum Gasteiger partial charge on any atom is 0.0969 e. The summed E-state index contributed by atoms with van der Waals surface area (Å²) in [5.41, 5.74) is -0.0913. The molecule has 0 fully saturated rings. The van der Waals surface area contributed by atoms with Crippen LogP contribution in [0.25, 0.3) is 0 Å². The molecule has 3 atom stereocenters. The van der Waals surface area contributed by atoms with Gasteiger partial charge < -0.3 is 10.2 Å². The van der Waals surface area contributed by atoms with Gasteiger partial charge in [-0.3, -0.25) is 0 Å². The van der Waals surface area contributed by atoms with Gasteiger partial charge in [-0.05, 0) is 17.9 Å². The Labute approximate surface area is 104 Å². The molecule has 0 aliphatic carbocycles. The van der Waals surface area contributed by atoms with Gasteiger partial charge in [-0.25, -0.2) is 0 Å². The number of rotatable bonds is 5. The minimum atomic E-state index is -0.976. The molecule has 0 amide bonds. The number of aliphatic hydroxyl groups is 2. The molecule has 0 saturated heterocycles. The first-order chi connectivity index (χ1) is 7.94. The largest absolute Gasteiger partial charge is 0.393 e. The van der Waals surface area contributed by atoms with Crippen LogP contribution in [0.3, 0.4) is 0 Å². The summed E-state index contributed by atoms with van der Waals surface area (Å²) in [5.74, 6) is -0.129. The minimum absolute atomic E-state index is 0.0566. The summed E-state index contributed by atoms with van der Waals surface area (Å²) in [7, 11) is 0. The molecule has 0 saturated carbocycles. The van der Waals surface area contributed by atoms with Crippen LogP contribution in [-0.4, -0.2) is 16.3 Å². The Balaban J connectivity index is 3.15. The van der Waals surface area contributed by atoms with Crippen LogP contribution in [0.4, 0.5) is 0 Å². The fourth-order valence-corrected chi connectivity index (χ4v) is 2.47. The summed E-state index contributed by atoms with van der Waals surface area (Å²) in [6.45, 7) is 7.84. The summed E-state index contributed by atoms with van der Waals surface area (Å²) < 4.78 is 0. The van der Waals surface area contributed by atoms with Gasteiger partial charge in [-0.1, -0.05) is 58.0 Å². The highest BCUT2D eigenvalue weighted by atomic mass is 16.3. The molecule has 0 radical (unpaired) electrons. The van der Waals surface area contributed by atoms with Crippen LogP contribution in [0.5, 0.6) is 0 Å². The summed E-state index contributed by atoms with van der Waals surface area (Å²) in [5, 5.41) is 21.0. The fourth-order valence-electron chi connectivity index (χ4n) is 2.47. The summed E-state index contributed by atoms with van der Waals surface area (Å²) in [4.78, 5) is 0. The van der Waals surface area contributed by atoms with Gasteiger partial charge in [0.15, 0.2) is 0 Å². The van der Waals surface area contributed by atoms with Gasteiger partial charge in [0.2, 0.25) is 0 Å². The van der Waals surface area contributed by atoms with Crippen LogP contribution < -0.4 is 0 Å². The monoisotopic (exact) mass is 236 g/mol. The molecule has 0 aromatic heterocycles. The standard InChI is InChI=1S/C15H24O2/c1-5-14(16)12(4)15(17,11(2)3)13-9-7-6-8-10-13/h6-12,14,16-17H,5H2,1-4H3/t12-,14+,15+/m1/s1. The molecule has 0 bridgehead atoms. The lowest BCUT2D eigenvalue weighted by Crippen LogP contribution is -2.44. The second-order valence-corrected chi connectivity index (χ2v) is 5.11. The Bertz CT molecular complexity index is 334. The van der Waals surface area contributed by atoms with Crippen molar-refractivity contribution < 1.29 is 10.2 Å². The average molecular weight is 236 g/mol.